The van der Waals surface area contributed by atoms with Crippen LogP contribution in [-0.2, 0) is 0 Å². The molecule has 66 valence electrons. The SMILES string of the molecule is COc1cc2ncccc2cc1C. The van der Waals surface area contributed by atoms with Gasteiger partial charge < -0.3 is 4.74 Å². The van der Waals surface area contributed by atoms with Gasteiger partial charge in [0, 0.05) is 17.6 Å². The Bertz CT molecular complexity index is 437. The minimum absolute atomic E-state index is 0.895. The second kappa shape index (κ2) is 3.05. The maximum atomic E-state index is 5.21. The molecule has 0 aliphatic heterocycles. The van der Waals surface area contributed by atoms with Crippen LogP contribution >= 0.6 is 0 Å². The number of fused-ring (bicyclic) bond motifs is 1. The first-order valence-corrected chi connectivity index (χ1v) is 4.20. The molecule has 1 aromatic carbocycles. The summed E-state index contributed by atoms with van der Waals surface area (Å²) in [5.41, 5.74) is 2.12. The Labute approximate surface area is 77.2 Å². The highest BCUT2D eigenvalue weighted by molar-refractivity contribution is 5.81. The number of rotatable bonds is 1. The van der Waals surface area contributed by atoms with E-state index in [0.717, 1.165) is 22.2 Å². The van der Waals surface area contributed by atoms with Gasteiger partial charge in [0.1, 0.15) is 5.75 Å². The van der Waals surface area contributed by atoms with Crippen molar-refractivity contribution in [2.24, 2.45) is 0 Å². The van der Waals surface area contributed by atoms with Crippen molar-refractivity contribution in [3.05, 3.63) is 36.0 Å². The standard InChI is InChI=1S/C11H11NO/c1-8-6-9-4-3-5-12-10(9)7-11(8)13-2/h3-7H,1-2H3. The van der Waals surface area contributed by atoms with Gasteiger partial charge in [-0.3, -0.25) is 4.98 Å². The summed E-state index contributed by atoms with van der Waals surface area (Å²) in [6, 6.07) is 8.04. The Balaban J connectivity index is 2.74. The lowest BCUT2D eigenvalue weighted by molar-refractivity contribution is 0.412. The Morgan fingerprint density at radius 1 is 1.31 bits per heavy atom. The van der Waals surface area contributed by atoms with Gasteiger partial charge in [0.2, 0.25) is 0 Å². The summed E-state index contributed by atoms with van der Waals surface area (Å²) in [6.07, 6.45) is 1.79. The van der Waals surface area contributed by atoms with Gasteiger partial charge in [0.25, 0.3) is 0 Å². The molecule has 0 aliphatic carbocycles. The van der Waals surface area contributed by atoms with E-state index in [0.29, 0.717) is 0 Å². The lowest BCUT2D eigenvalue weighted by Gasteiger charge is -2.05. The molecule has 2 aromatic rings. The average molecular weight is 173 g/mol. The quantitative estimate of drug-likeness (QED) is 0.661. The summed E-state index contributed by atoms with van der Waals surface area (Å²) in [5.74, 6) is 0.895. The Kier molecular flexibility index (Phi) is 1.89. The molecule has 0 N–H and O–H groups in total. The van der Waals surface area contributed by atoms with Crippen molar-refractivity contribution in [3.63, 3.8) is 0 Å². The zero-order chi connectivity index (χ0) is 9.26. The molecule has 2 rings (SSSR count). The van der Waals surface area contributed by atoms with Crippen LogP contribution < -0.4 is 4.74 Å². The van der Waals surface area contributed by atoms with Gasteiger partial charge in [-0.15, -0.1) is 0 Å². The Morgan fingerprint density at radius 2 is 2.15 bits per heavy atom. The first kappa shape index (κ1) is 8.05. The second-order valence-corrected chi connectivity index (χ2v) is 3.02. The number of nitrogens with zero attached hydrogens (tertiary/aromatic N) is 1. The predicted octanol–water partition coefficient (Wildman–Crippen LogP) is 2.55. The minimum Gasteiger partial charge on any atom is -0.496 e. The van der Waals surface area contributed by atoms with Crippen molar-refractivity contribution in [2.75, 3.05) is 7.11 Å². The van der Waals surface area contributed by atoms with Gasteiger partial charge in [0.15, 0.2) is 0 Å². The number of hydrogen-bond acceptors (Lipinski definition) is 2. The van der Waals surface area contributed by atoms with Gasteiger partial charge in [-0.1, -0.05) is 6.07 Å². The number of methoxy groups -OCH3 is 1. The summed E-state index contributed by atoms with van der Waals surface area (Å²) in [4.78, 5) is 4.25. The molecule has 0 bridgehead atoms. The predicted molar refractivity (Wildman–Crippen MR) is 53.0 cm³/mol. The normalized spacial score (nSPS) is 10.3. The third kappa shape index (κ3) is 1.35. The first-order chi connectivity index (χ1) is 6.31. The van der Waals surface area contributed by atoms with E-state index in [1.807, 2.05) is 19.1 Å². The van der Waals surface area contributed by atoms with E-state index >= 15 is 0 Å². The van der Waals surface area contributed by atoms with Gasteiger partial charge in [-0.25, -0.2) is 0 Å². The van der Waals surface area contributed by atoms with Crippen LogP contribution in [0.15, 0.2) is 30.5 Å². The zero-order valence-corrected chi connectivity index (χ0v) is 7.74. The van der Waals surface area contributed by atoms with E-state index in [1.54, 1.807) is 13.3 Å². The largest absolute Gasteiger partial charge is 0.496 e. The summed E-state index contributed by atoms with van der Waals surface area (Å²) < 4.78 is 5.21. The maximum Gasteiger partial charge on any atom is 0.123 e. The minimum atomic E-state index is 0.895. The van der Waals surface area contributed by atoms with Crippen LogP contribution in [0, 0.1) is 6.92 Å². The fourth-order valence-corrected chi connectivity index (χ4v) is 1.43. The molecular formula is C11H11NO. The Morgan fingerprint density at radius 3 is 2.92 bits per heavy atom. The van der Waals surface area contributed by atoms with Crippen LogP contribution in [0.3, 0.4) is 0 Å². The van der Waals surface area contributed by atoms with Gasteiger partial charge >= 0.3 is 0 Å². The fraction of sp³-hybridized carbons (Fsp3) is 0.182. The van der Waals surface area contributed by atoms with Gasteiger partial charge in [-0.05, 0) is 24.6 Å². The highest BCUT2D eigenvalue weighted by Crippen LogP contribution is 2.23. The van der Waals surface area contributed by atoms with Crippen molar-refractivity contribution in [1.82, 2.24) is 4.98 Å². The zero-order valence-electron chi connectivity index (χ0n) is 7.74. The van der Waals surface area contributed by atoms with Crippen LogP contribution in [0.2, 0.25) is 0 Å². The summed E-state index contributed by atoms with van der Waals surface area (Å²) in [7, 11) is 1.68. The average Bonchev–Trinajstić information content (AvgIpc) is 2.17. The van der Waals surface area contributed by atoms with Gasteiger partial charge in [0.05, 0.1) is 12.6 Å². The topological polar surface area (TPSA) is 22.1 Å². The first-order valence-electron chi connectivity index (χ1n) is 4.20. The third-order valence-corrected chi connectivity index (χ3v) is 2.12. The van der Waals surface area contributed by atoms with Crippen molar-refractivity contribution < 1.29 is 4.74 Å². The number of pyridine rings is 1. The molecule has 13 heavy (non-hydrogen) atoms. The molecule has 0 spiro atoms. The molecule has 1 heterocycles. The summed E-state index contributed by atoms with van der Waals surface area (Å²) in [6.45, 7) is 2.03. The van der Waals surface area contributed by atoms with Crippen LogP contribution in [0.5, 0.6) is 5.75 Å². The second-order valence-electron chi connectivity index (χ2n) is 3.02. The lowest BCUT2D eigenvalue weighted by atomic mass is 10.1. The molecule has 0 fully saturated rings. The number of aromatic nitrogens is 1. The van der Waals surface area contributed by atoms with E-state index in [-0.39, 0.29) is 0 Å². The van der Waals surface area contributed by atoms with Crippen LogP contribution in [0.1, 0.15) is 5.56 Å². The number of benzene rings is 1. The molecule has 0 radical (unpaired) electrons. The summed E-state index contributed by atoms with van der Waals surface area (Å²) >= 11 is 0. The van der Waals surface area contributed by atoms with Crippen molar-refractivity contribution >= 4 is 10.9 Å². The van der Waals surface area contributed by atoms with Crippen LogP contribution in [0.25, 0.3) is 10.9 Å². The molecule has 0 aliphatic rings. The van der Waals surface area contributed by atoms with Crippen LogP contribution in [-0.4, -0.2) is 12.1 Å². The number of ether oxygens (including phenoxy) is 1. The van der Waals surface area contributed by atoms with Gasteiger partial charge in [-0.2, -0.15) is 0 Å². The Hall–Kier alpha value is -1.57. The monoisotopic (exact) mass is 173 g/mol. The molecule has 0 saturated carbocycles. The molecule has 0 amide bonds. The third-order valence-electron chi connectivity index (χ3n) is 2.12. The lowest BCUT2D eigenvalue weighted by Crippen LogP contribution is -1.88. The van der Waals surface area contributed by atoms with Crippen molar-refractivity contribution in [3.8, 4) is 5.75 Å². The molecule has 1 aromatic heterocycles. The highest BCUT2D eigenvalue weighted by Gasteiger charge is 2.00. The summed E-state index contributed by atoms with van der Waals surface area (Å²) in [5, 5.41) is 1.15. The van der Waals surface area contributed by atoms with Crippen molar-refractivity contribution in [1.29, 1.82) is 0 Å². The highest BCUT2D eigenvalue weighted by atomic mass is 16.5. The molecule has 2 nitrogen and oxygen atoms in total. The molecule has 0 atom stereocenters. The molecule has 0 saturated heterocycles. The fourth-order valence-electron chi connectivity index (χ4n) is 1.43. The number of aryl methyl sites for hydroxylation is 1. The molecular weight excluding hydrogens is 162 g/mol. The number of hydrogen-bond donors (Lipinski definition) is 0. The van der Waals surface area contributed by atoms with E-state index in [4.69, 9.17) is 4.74 Å². The van der Waals surface area contributed by atoms with E-state index in [1.165, 1.54) is 0 Å². The van der Waals surface area contributed by atoms with E-state index in [9.17, 15) is 0 Å². The van der Waals surface area contributed by atoms with Crippen molar-refractivity contribution in [2.45, 2.75) is 6.92 Å². The molecule has 2 heteroatoms. The van der Waals surface area contributed by atoms with Crippen LogP contribution in [0.4, 0.5) is 0 Å². The smallest absolute Gasteiger partial charge is 0.123 e. The van der Waals surface area contributed by atoms with E-state index < -0.39 is 0 Å². The maximum absolute atomic E-state index is 5.21. The van der Waals surface area contributed by atoms with E-state index in [2.05, 4.69) is 17.1 Å². The molecule has 0 unspecified atom stereocenters.